The van der Waals surface area contributed by atoms with E-state index in [-0.39, 0.29) is 0 Å². The van der Waals surface area contributed by atoms with Crippen LogP contribution in [0.4, 0.5) is 5.95 Å². The predicted octanol–water partition coefficient (Wildman–Crippen LogP) is 2.48. The summed E-state index contributed by atoms with van der Waals surface area (Å²) in [6.45, 7) is 7.99. The minimum absolute atomic E-state index is 0.483. The van der Waals surface area contributed by atoms with Gasteiger partial charge in [0.05, 0.1) is 13.2 Å². The van der Waals surface area contributed by atoms with Gasteiger partial charge in [-0.25, -0.2) is 4.68 Å². The lowest BCUT2D eigenvalue weighted by molar-refractivity contribution is 0.121. The third-order valence-electron chi connectivity index (χ3n) is 5.37. The molecule has 2 aliphatic rings. The lowest BCUT2D eigenvalue weighted by Gasteiger charge is -2.26. The van der Waals surface area contributed by atoms with E-state index >= 15 is 0 Å². The first-order valence-electron chi connectivity index (χ1n) is 9.30. The summed E-state index contributed by atoms with van der Waals surface area (Å²) in [7, 11) is 1.96. The van der Waals surface area contributed by atoms with Crippen molar-refractivity contribution in [3.63, 3.8) is 0 Å². The second-order valence-corrected chi connectivity index (χ2v) is 7.00. The maximum absolute atomic E-state index is 5.43. The largest absolute Gasteiger partial charge is 0.378 e. The van der Waals surface area contributed by atoms with Gasteiger partial charge in [0.15, 0.2) is 5.82 Å². The molecule has 0 spiro atoms. The number of hydrogen-bond acceptors (Lipinski definition) is 5. The van der Waals surface area contributed by atoms with Gasteiger partial charge in [0.2, 0.25) is 5.95 Å². The smallest absolute Gasteiger partial charge is 0.224 e. The van der Waals surface area contributed by atoms with Crippen LogP contribution in [0.15, 0.2) is 24.3 Å². The van der Waals surface area contributed by atoms with E-state index in [0.717, 1.165) is 43.6 Å². The van der Waals surface area contributed by atoms with E-state index in [1.54, 1.807) is 0 Å². The number of nitrogens with zero attached hydrogens (tertiary/aromatic N) is 5. The van der Waals surface area contributed by atoms with Crippen molar-refractivity contribution in [2.75, 3.05) is 44.3 Å². The molecule has 1 aromatic carbocycles. The Morgan fingerprint density at radius 1 is 1.00 bits per heavy atom. The molecule has 0 radical (unpaired) electrons. The molecule has 2 aromatic rings. The molecule has 0 aliphatic carbocycles. The molecule has 6 nitrogen and oxygen atoms in total. The summed E-state index contributed by atoms with van der Waals surface area (Å²) in [6, 6.07) is 9.24. The number of rotatable bonds is 4. The summed E-state index contributed by atoms with van der Waals surface area (Å²) in [5.41, 5.74) is 2.45. The van der Waals surface area contributed by atoms with Crippen LogP contribution in [0.5, 0.6) is 0 Å². The van der Waals surface area contributed by atoms with E-state index in [2.05, 4.69) is 46.1 Å². The van der Waals surface area contributed by atoms with Gasteiger partial charge in [-0.3, -0.25) is 4.90 Å². The zero-order valence-electron chi connectivity index (χ0n) is 15.2. The summed E-state index contributed by atoms with van der Waals surface area (Å²) < 4.78 is 7.30. The molecule has 2 saturated heterocycles. The summed E-state index contributed by atoms with van der Waals surface area (Å²) in [5.74, 6) is 1.72. The summed E-state index contributed by atoms with van der Waals surface area (Å²) in [6.07, 6.45) is 2.65. The molecule has 2 aliphatic heterocycles. The number of ether oxygens (including phenoxy) is 1. The normalized spacial score (nSPS) is 20.2. The zero-order valence-corrected chi connectivity index (χ0v) is 15.2. The van der Waals surface area contributed by atoms with Crippen molar-refractivity contribution in [2.24, 2.45) is 7.05 Å². The van der Waals surface area contributed by atoms with E-state index in [9.17, 15) is 0 Å². The van der Waals surface area contributed by atoms with Crippen LogP contribution in [0.1, 0.15) is 31.4 Å². The molecule has 6 heteroatoms. The predicted molar refractivity (Wildman–Crippen MR) is 98.7 cm³/mol. The van der Waals surface area contributed by atoms with Gasteiger partial charge in [0, 0.05) is 31.7 Å². The van der Waals surface area contributed by atoms with Crippen molar-refractivity contribution in [3.05, 3.63) is 29.8 Å². The molecule has 1 atom stereocenters. The van der Waals surface area contributed by atoms with Gasteiger partial charge in [0.25, 0.3) is 0 Å². The zero-order chi connectivity index (χ0) is 17.2. The van der Waals surface area contributed by atoms with Crippen LogP contribution in [0, 0.1) is 0 Å². The fraction of sp³-hybridized carbons (Fsp3) is 0.579. The fourth-order valence-corrected chi connectivity index (χ4v) is 3.79. The highest BCUT2D eigenvalue weighted by Crippen LogP contribution is 2.27. The van der Waals surface area contributed by atoms with Crippen molar-refractivity contribution in [1.82, 2.24) is 19.7 Å². The molecular weight excluding hydrogens is 314 g/mol. The van der Waals surface area contributed by atoms with Gasteiger partial charge in [-0.2, -0.15) is 4.98 Å². The number of benzene rings is 1. The Bertz CT molecular complexity index is 699. The van der Waals surface area contributed by atoms with E-state index in [4.69, 9.17) is 9.72 Å². The molecule has 2 fully saturated rings. The number of hydrogen-bond donors (Lipinski definition) is 0. The van der Waals surface area contributed by atoms with Crippen molar-refractivity contribution in [3.8, 4) is 11.4 Å². The number of morpholine rings is 1. The van der Waals surface area contributed by atoms with E-state index < -0.39 is 0 Å². The molecule has 4 rings (SSSR count). The van der Waals surface area contributed by atoms with E-state index in [1.165, 1.54) is 31.5 Å². The molecule has 0 bridgehead atoms. The van der Waals surface area contributed by atoms with Crippen LogP contribution in [0.25, 0.3) is 11.4 Å². The van der Waals surface area contributed by atoms with Crippen LogP contribution in [0.2, 0.25) is 0 Å². The Morgan fingerprint density at radius 3 is 2.36 bits per heavy atom. The Balaban J connectivity index is 1.52. The molecule has 1 aromatic heterocycles. The van der Waals surface area contributed by atoms with Gasteiger partial charge in [-0.1, -0.05) is 24.3 Å². The third kappa shape index (κ3) is 3.41. The first-order chi connectivity index (χ1) is 12.2. The number of aromatic nitrogens is 3. The molecular formula is C19H27N5O. The Hall–Kier alpha value is -1.92. The minimum atomic E-state index is 0.483. The second kappa shape index (κ2) is 7.14. The third-order valence-corrected chi connectivity index (χ3v) is 5.37. The number of aryl methyl sites for hydroxylation is 1. The average molecular weight is 341 g/mol. The first-order valence-corrected chi connectivity index (χ1v) is 9.30. The lowest BCUT2D eigenvalue weighted by atomic mass is 10.0. The maximum atomic E-state index is 5.43. The highest BCUT2D eigenvalue weighted by Gasteiger charge is 2.21. The van der Waals surface area contributed by atoms with Crippen LogP contribution < -0.4 is 4.90 Å². The van der Waals surface area contributed by atoms with Gasteiger partial charge in [0.1, 0.15) is 0 Å². The molecule has 0 unspecified atom stereocenters. The minimum Gasteiger partial charge on any atom is -0.378 e. The number of anilines is 1. The lowest BCUT2D eigenvalue weighted by Crippen LogP contribution is -2.37. The van der Waals surface area contributed by atoms with Crippen molar-refractivity contribution >= 4 is 5.95 Å². The monoisotopic (exact) mass is 341 g/mol. The van der Waals surface area contributed by atoms with Crippen molar-refractivity contribution in [2.45, 2.75) is 25.8 Å². The van der Waals surface area contributed by atoms with Crippen LogP contribution in [-0.4, -0.2) is 59.1 Å². The summed E-state index contributed by atoms with van der Waals surface area (Å²) >= 11 is 0. The van der Waals surface area contributed by atoms with Gasteiger partial charge in [-0.15, -0.1) is 5.10 Å². The first kappa shape index (κ1) is 16.5. The topological polar surface area (TPSA) is 46.4 Å². The van der Waals surface area contributed by atoms with Crippen molar-refractivity contribution in [1.29, 1.82) is 0 Å². The molecule has 0 saturated carbocycles. The molecule has 134 valence electrons. The average Bonchev–Trinajstić information content (AvgIpc) is 3.32. The highest BCUT2D eigenvalue weighted by molar-refractivity contribution is 5.57. The van der Waals surface area contributed by atoms with Gasteiger partial charge in [-0.05, 0) is 38.4 Å². The Morgan fingerprint density at radius 2 is 1.68 bits per heavy atom. The van der Waals surface area contributed by atoms with Crippen LogP contribution >= 0.6 is 0 Å². The second-order valence-electron chi connectivity index (χ2n) is 7.00. The van der Waals surface area contributed by atoms with Crippen LogP contribution in [-0.2, 0) is 11.8 Å². The number of likely N-dealkylation sites (tertiary alicyclic amines) is 1. The molecule has 0 amide bonds. The summed E-state index contributed by atoms with van der Waals surface area (Å²) in [5, 5.41) is 4.62. The van der Waals surface area contributed by atoms with Crippen LogP contribution in [0.3, 0.4) is 0 Å². The van der Waals surface area contributed by atoms with Crippen molar-refractivity contribution < 1.29 is 4.74 Å². The quantitative estimate of drug-likeness (QED) is 0.855. The summed E-state index contributed by atoms with van der Waals surface area (Å²) in [4.78, 5) is 9.57. The Kier molecular flexibility index (Phi) is 4.72. The molecule has 3 heterocycles. The molecule has 25 heavy (non-hydrogen) atoms. The Labute approximate surface area is 149 Å². The van der Waals surface area contributed by atoms with Gasteiger partial charge >= 0.3 is 0 Å². The highest BCUT2D eigenvalue weighted by atomic mass is 16.5. The standard InChI is InChI=1S/C19H27N5O/c1-15(23-9-3-4-10-23)16-5-7-17(8-6-16)18-20-19(22(2)21-18)24-11-13-25-14-12-24/h5-8,15H,3-4,9-14H2,1-2H3/t15-/m0/s1. The fourth-order valence-electron chi connectivity index (χ4n) is 3.79. The SMILES string of the molecule is C[C@@H](c1ccc(-c2nc(N3CCOCC3)n(C)n2)cc1)N1CCCC1. The van der Waals surface area contributed by atoms with E-state index in [1.807, 2.05) is 11.7 Å². The van der Waals surface area contributed by atoms with Gasteiger partial charge < -0.3 is 9.64 Å². The maximum Gasteiger partial charge on any atom is 0.224 e. The van der Waals surface area contributed by atoms with E-state index in [0.29, 0.717) is 6.04 Å². The molecule has 0 N–H and O–H groups in total.